The maximum atomic E-state index is 13.5. The molecule has 0 radical (unpaired) electrons. The molecule has 4 aromatic rings. The number of amides is 1. The molecule has 2 heterocycles. The summed E-state index contributed by atoms with van der Waals surface area (Å²) in [7, 11) is 3.02. The number of rotatable bonds is 9. The lowest BCUT2D eigenvalue weighted by Crippen LogP contribution is -2.25. The van der Waals surface area contributed by atoms with Gasteiger partial charge in [-0.2, -0.15) is 0 Å². The third-order valence-corrected chi connectivity index (χ3v) is 5.96. The van der Waals surface area contributed by atoms with Crippen LogP contribution < -0.4 is 14.8 Å². The van der Waals surface area contributed by atoms with Gasteiger partial charge in [0.15, 0.2) is 11.0 Å². The first-order valence-corrected chi connectivity index (χ1v) is 11.3. The number of pyridine rings is 1. The van der Waals surface area contributed by atoms with Crippen molar-refractivity contribution in [3.8, 4) is 17.2 Å². The summed E-state index contributed by atoms with van der Waals surface area (Å²) in [5, 5.41) is 12.1. The standard InChI is InChI=1S/C24H22FN5O3S/c1-32-19-7-8-21(33-2)20(13-19)23(31)27-14-22-28-29-24(34-15-16-9-11-26-12-10-16)30(22)18-5-3-17(25)4-6-18/h3-13H,14-15H2,1-2H3,(H,27,31). The minimum atomic E-state index is -0.351. The van der Waals surface area contributed by atoms with E-state index in [4.69, 9.17) is 9.47 Å². The summed E-state index contributed by atoms with van der Waals surface area (Å²) in [6.45, 7) is 0.0966. The van der Waals surface area contributed by atoms with Gasteiger partial charge in [-0.3, -0.25) is 14.3 Å². The van der Waals surface area contributed by atoms with E-state index in [9.17, 15) is 9.18 Å². The highest BCUT2D eigenvalue weighted by Gasteiger charge is 2.18. The third kappa shape index (κ3) is 5.34. The molecule has 0 aliphatic heterocycles. The predicted molar refractivity (Wildman–Crippen MR) is 126 cm³/mol. The largest absolute Gasteiger partial charge is 0.497 e. The predicted octanol–water partition coefficient (Wildman–Crippen LogP) is 4.04. The second kappa shape index (κ2) is 10.8. The number of thioether (sulfide) groups is 1. The molecule has 0 saturated heterocycles. The molecule has 34 heavy (non-hydrogen) atoms. The fourth-order valence-corrected chi connectivity index (χ4v) is 4.16. The van der Waals surface area contributed by atoms with Crippen LogP contribution in [0.15, 0.2) is 72.1 Å². The maximum absolute atomic E-state index is 13.5. The Labute approximate surface area is 200 Å². The Morgan fingerprint density at radius 1 is 1.03 bits per heavy atom. The summed E-state index contributed by atoms with van der Waals surface area (Å²) in [4.78, 5) is 16.9. The fraction of sp³-hybridized carbons (Fsp3) is 0.167. The van der Waals surface area contributed by atoms with Crippen LogP contribution in [-0.2, 0) is 12.3 Å². The number of carbonyl (C=O) groups excluding carboxylic acids is 1. The lowest BCUT2D eigenvalue weighted by Gasteiger charge is -2.13. The highest BCUT2D eigenvalue weighted by Crippen LogP contribution is 2.26. The molecular weight excluding hydrogens is 457 g/mol. The molecule has 2 aromatic carbocycles. The lowest BCUT2D eigenvalue weighted by molar-refractivity contribution is 0.0946. The number of carbonyl (C=O) groups is 1. The summed E-state index contributed by atoms with van der Waals surface area (Å²) in [5.74, 6) is 1.41. The molecule has 2 aromatic heterocycles. The number of hydrogen-bond acceptors (Lipinski definition) is 7. The van der Waals surface area contributed by atoms with E-state index in [1.807, 2.05) is 12.1 Å². The summed E-state index contributed by atoms with van der Waals surface area (Å²) in [5.41, 5.74) is 2.10. The van der Waals surface area contributed by atoms with E-state index < -0.39 is 0 Å². The Kier molecular flexibility index (Phi) is 7.38. The van der Waals surface area contributed by atoms with Crippen LogP contribution in [0.4, 0.5) is 4.39 Å². The Balaban J connectivity index is 1.58. The summed E-state index contributed by atoms with van der Waals surface area (Å²) in [6, 6.07) is 14.9. The monoisotopic (exact) mass is 479 g/mol. The van der Waals surface area contributed by atoms with Gasteiger partial charge in [-0.05, 0) is 60.2 Å². The zero-order valence-electron chi connectivity index (χ0n) is 18.6. The summed E-state index contributed by atoms with van der Waals surface area (Å²) >= 11 is 1.48. The Morgan fingerprint density at radius 3 is 2.50 bits per heavy atom. The molecule has 0 spiro atoms. The van der Waals surface area contributed by atoms with Crippen molar-refractivity contribution in [2.75, 3.05) is 14.2 Å². The van der Waals surface area contributed by atoms with Crippen molar-refractivity contribution in [1.82, 2.24) is 25.1 Å². The fourth-order valence-electron chi connectivity index (χ4n) is 3.23. The van der Waals surface area contributed by atoms with Crippen LogP contribution in [0.3, 0.4) is 0 Å². The molecule has 8 nitrogen and oxygen atoms in total. The smallest absolute Gasteiger partial charge is 0.255 e. The van der Waals surface area contributed by atoms with Crippen molar-refractivity contribution in [2.24, 2.45) is 0 Å². The van der Waals surface area contributed by atoms with E-state index in [0.29, 0.717) is 39.5 Å². The number of nitrogens with zero attached hydrogens (tertiary/aromatic N) is 4. The van der Waals surface area contributed by atoms with Gasteiger partial charge in [0.25, 0.3) is 5.91 Å². The van der Waals surface area contributed by atoms with E-state index >= 15 is 0 Å². The van der Waals surface area contributed by atoms with Crippen LogP contribution in [0.2, 0.25) is 0 Å². The first-order valence-electron chi connectivity index (χ1n) is 10.3. The highest BCUT2D eigenvalue weighted by molar-refractivity contribution is 7.98. The molecule has 1 amide bonds. The second-order valence-corrected chi connectivity index (χ2v) is 8.05. The minimum absolute atomic E-state index is 0.0966. The van der Waals surface area contributed by atoms with Crippen LogP contribution in [0.5, 0.6) is 11.5 Å². The SMILES string of the molecule is COc1ccc(OC)c(C(=O)NCc2nnc(SCc3ccncc3)n2-c2ccc(F)cc2)c1. The highest BCUT2D eigenvalue weighted by atomic mass is 32.2. The van der Waals surface area contributed by atoms with Gasteiger partial charge in [-0.1, -0.05) is 11.8 Å². The van der Waals surface area contributed by atoms with Gasteiger partial charge in [0, 0.05) is 23.8 Å². The van der Waals surface area contributed by atoms with Crippen LogP contribution in [-0.4, -0.2) is 39.9 Å². The van der Waals surface area contributed by atoms with Crippen LogP contribution in [0.1, 0.15) is 21.7 Å². The molecule has 0 atom stereocenters. The Bertz CT molecular complexity index is 1270. The van der Waals surface area contributed by atoms with E-state index in [1.54, 1.807) is 47.3 Å². The molecule has 0 aliphatic carbocycles. The topological polar surface area (TPSA) is 91.2 Å². The van der Waals surface area contributed by atoms with Crippen molar-refractivity contribution in [3.05, 3.63) is 89.8 Å². The van der Waals surface area contributed by atoms with Crippen molar-refractivity contribution >= 4 is 17.7 Å². The van der Waals surface area contributed by atoms with Crippen molar-refractivity contribution in [3.63, 3.8) is 0 Å². The molecule has 0 aliphatic rings. The number of benzene rings is 2. The number of hydrogen-bond donors (Lipinski definition) is 1. The molecule has 0 fully saturated rings. The van der Waals surface area contributed by atoms with Gasteiger partial charge >= 0.3 is 0 Å². The van der Waals surface area contributed by atoms with E-state index in [2.05, 4.69) is 20.5 Å². The molecule has 174 valence electrons. The second-order valence-electron chi connectivity index (χ2n) is 7.10. The minimum Gasteiger partial charge on any atom is -0.497 e. The van der Waals surface area contributed by atoms with Crippen LogP contribution in [0, 0.1) is 5.82 Å². The average molecular weight is 480 g/mol. The zero-order chi connectivity index (χ0) is 23.9. The average Bonchev–Trinajstić information content (AvgIpc) is 3.29. The Morgan fingerprint density at radius 2 is 1.79 bits per heavy atom. The molecule has 1 N–H and O–H groups in total. The van der Waals surface area contributed by atoms with E-state index in [0.717, 1.165) is 5.56 Å². The number of ether oxygens (including phenoxy) is 2. The summed E-state index contributed by atoms with van der Waals surface area (Å²) < 4.78 is 25.9. The summed E-state index contributed by atoms with van der Waals surface area (Å²) in [6.07, 6.45) is 3.46. The maximum Gasteiger partial charge on any atom is 0.255 e. The third-order valence-electron chi connectivity index (χ3n) is 4.96. The molecular formula is C24H22FN5O3S. The number of halogens is 1. The van der Waals surface area contributed by atoms with Gasteiger partial charge in [-0.25, -0.2) is 4.39 Å². The first-order chi connectivity index (χ1) is 16.6. The molecule has 0 bridgehead atoms. The molecule has 10 heteroatoms. The number of methoxy groups -OCH3 is 2. The molecule has 4 rings (SSSR count). The van der Waals surface area contributed by atoms with Crippen LogP contribution >= 0.6 is 11.8 Å². The number of nitrogens with one attached hydrogen (secondary N) is 1. The van der Waals surface area contributed by atoms with E-state index in [1.165, 1.54) is 38.1 Å². The van der Waals surface area contributed by atoms with Gasteiger partial charge < -0.3 is 14.8 Å². The Hall–Kier alpha value is -3.92. The zero-order valence-corrected chi connectivity index (χ0v) is 19.4. The normalized spacial score (nSPS) is 10.7. The van der Waals surface area contributed by atoms with Gasteiger partial charge in [0.05, 0.1) is 26.3 Å². The lowest BCUT2D eigenvalue weighted by atomic mass is 10.1. The van der Waals surface area contributed by atoms with Gasteiger partial charge in [0.2, 0.25) is 0 Å². The van der Waals surface area contributed by atoms with Crippen LogP contribution in [0.25, 0.3) is 5.69 Å². The van der Waals surface area contributed by atoms with Crippen molar-refractivity contribution < 1.29 is 18.7 Å². The first kappa shape index (κ1) is 23.2. The van der Waals surface area contributed by atoms with Gasteiger partial charge in [0.1, 0.15) is 17.3 Å². The van der Waals surface area contributed by atoms with Crippen molar-refractivity contribution in [1.29, 1.82) is 0 Å². The quantitative estimate of drug-likeness (QED) is 0.362. The van der Waals surface area contributed by atoms with Crippen molar-refractivity contribution in [2.45, 2.75) is 17.5 Å². The molecule has 0 saturated carbocycles. The number of aromatic nitrogens is 4. The molecule has 0 unspecified atom stereocenters. The van der Waals surface area contributed by atoms with E-state index in [-0.39, 0.29) is 18.3 Å². The van der Waals surface area contributed by atoms with Gasteiger partial charge in [-0.15, -0.1) is 10.2 Å².